The number of hydrogen-bond acceptors (Lipinski definition) is 4. The Bertz CT molecular complexity index is 275. The second-order valence-electron chi connectivity index (χ2n) is 1.85. The van der Waals surface area contributed by atoms with Crippen molar-refractivity contribution in [2.24, 2.45) is 0 Å². The van der Waals surface area contributed by atoms with Crippen molar-refractivity contribution in [3.05, 3.63) is 30.3 Å². The molecule has 0 bridgehead atoms. The van der Waals surface area contributed by atoms with Gasteiger partial charge in [0.2, 0.25) is 0 Å². The molecule has 1 aromatic rings. The monoisotopic (exact) mass is 236 g/mol. The van der Waals surface area contributed by atoms with E-state index in [4.69, 9.17) is 0 Å². The van der Waals surface area contributed by atoms with Gasteiger partial charge in [0.05, 0.1) is 0 Å². The van der Waals surface area contributed by atoms with Crippen LogP contribution in [0.2, 0.25) is 0 Å². The molecule has 14 heavy (non-hydrogen) atoms. The van der Waals surface area contributed by atoms with Crippen LogP contribution in [0.1, 0.15) is 0 Å². The Morgan fingerprint density at radius 1 is 1.07 bits per heavy atom. The molecule has 5 nitrogen and oxygen atoms in total. The molecule has 68 valence electrons. The second-order valence-corrected chi connectivity index (χ2v) is 2.93. The number of benzene rings is 1. The molecule has 0 aromatic heterocycles. The zero-order valence-electron chi connectivity index (χ0n) is 7.97. The Balaban J connectivity index is -0.000000403. The maximum atomic E-state index is 10.1. The van der Waals surface area contributed by atoms with Crippen molar-refractivity contribution >= 4 is 7.82 Å². The standard InChI is InChI=1S/C6H7O4P.2Na.H2O/c7-11(8,9)10-6-4-2-1-3-5-6;;;/h1-5H,(H2,7,8,9);;;1H2/q;2*+1;/p-2. The van der Waals surface area contributed by atoms with E-state index < -0.39 is 7.82 Å². The van der Waals surface area contributed by atoms with Crippen LogP contribution >= 0.6 is 7.82 Å². The zero-order chi connectivity index (χ0) is 8.32. The molecule has 0 aliphatic rings. The first-order chi connectivity index (χ1) is 5.08. The van der Waals surface area contributed by atoms with Crippen LogP contribution in [0.25, 0.3) is 0 Å². The van der Waals surface area contributed by atoms with E-state index >= 15 is 0 Å². The maximum absolute atomic E-state index is 10.1. The number of hydrogen-bond donors (Lipinski definition) is 0. The van der Waals surface area contributed by atoms with Crippen molar-refractivity contribution in [3.63, 3.8) is 0 Å². The van der Waals surface area contributed by atoms with Crippen LogP contribution in [0, 0.1) is 0 Å². The third-order valence-corrected chi connectivity index (χ3v) is 1.39. The average molecular weight is 236 g/mol. The van der Waals surface area contributed by atoms with Crippen molar-refractivity contribution in [2.75, 3.05) is 0 Å². The fraction of sp³-hybridized carbons (Fsp3) is 0. The quantitative estimate of drug-likeness (QED) is 0.376. The first-order valence-corrected chi connectivity index (χ1v) is 4.31. The van der Waals surface area contributed by atoms with Gasteiger partial charge in [-0.05, 0) is 12.1 Å². The number of para-hydroxylation sites is 1. The van der Waals surface area contributed by atoms with Crippen LogP contribution in [0.4, 0.5) is 0 Å². The fourth-order valence-corrected chi connectivity index (χ4v) is 0.990. The molecule has 0 atom stereocenters. The van der Waals surface area contributed by atoms with Gasteiger partial charge in [0, 0.05) is 0 Å². The van der Waals surface area contributed by atoms with E-state index in [2.05, 4.69) is 4.52 Å². The molecule has 0 heterocycles. The van der Waals surface area contributed by atoms with Gasteiger partial charge in [0.15, 0.2) is 0 Å². The number of phosphoric acid groups is 1. The van der Waals surface area contributed by atoms with E-state index in [1.165, 1.54) is 12.1 Å². The summed E-state index contributed by atoms with van der Waals surface area (Å²) in [5, 5.41) is 0. The molecular weight excluding hydrogens is 229 g/mol. The zero-order valence-corrected chi connectivity index (χ0v) is 12.9. The summed E-state index contributed by atoms with van der Waals surface area (Å²) in [7, 11) is -4.89. The molecule has 0 aliphatic heterocycles. The molecule has 0 saturated carbocycles. The van der Waals surface area contributed by atoms with Gasteiger partial charge in [-0.1, -0.05) is 18.2 Å². The van der Waals surface area contributed by atoms with Gasteiger partial charge in [-0.2, -0.15) is 0 Å². The fourth-order valence-electron chi connectivity index (χ4n) is 0.610. The van der Waals surface area contributed by atoms with E-state index in [0.717, 1.165) is 0 Å². The predicted molar refractivity (Wildman–Crippen MR) is 38.3 cm³/mol. The number of phosphoric ester groups is 1. The largest absolute Gasteiger partial charge is 1.00 e. The van der Waals surface area contributed by atoms with Crippen molar-refractivity contribution in [1.29, 1.82) is 0 Å². The summed E-state index contributed by atoms with van der Waals surface area (Å²) < 4.78 is 14.1. The molecule has 0 spiro atoms. The van der Waals surface area contributed by atoms with Gasteiger partial charge >= 0.3 is 59.1 Å². The summed E-state index contributed by atoms with van der Waals surface area (Å²) in [6.07, 6.45) is 0. The van der Waals surface area contributed by atoms with E-state index in [9.17, 15) is 14.4 Å². The van der Waals surface area contributed by atoms with Crippen LogP contribution in [-0.4, -0.2) is 5.48 Å². The molecule has 0 aliphatic carbocycles. The third kappa shape index (κ3) is 9.68. The summed E-state index contributed by atoms with van der Waals surface area (Å²) in [5.41, 5.74) is 0. The van der Waals surface area contributed by atoms with Crippen molar-refractivity contribution < 1.29 is 83.5 Å². The van der Waals surface area contributed by atoms with Crippen LogP contribution < -0.4 is 73.4 Å². The minimum Gasteiger partial charge on any atom is -0.780 e. The maximum Gasteiger partial charge on any atom is 1.00 e. The first-order valence-electron chi connectivity index (χ1n) is 2.85. The normalized spacial score (nSPS) is 8.71. The van der Waals surface area contributed by atoms with Gasteiger partial charge in [-0.3, -0.25) is 0 Å². The van der Waals surface area contributed by atoms with Gasteiger partial charge in [-0.15, -0.1) is 0 Å². The van der Waals surface area contributed by atoms with Crippen LogP contribution in [0.15, 0.2) is 30.3 Å². The molecule has 0 amide bonds. The summed E-state index contributed by atoms with van der Waals surface area (Å²) in [6, 6.07) is 7.62. The molecule has 1 aromatic carbocycles. The molecule has 0 radical (unpaired) electrons. The minimum absolute atomic E-state index is 0. The summed E-state index contributed by atoms with van der Waals surface area (Å²) >= 11 is 0. The minimum atomic E-state index is -4.89. The molecule has 0 saturated heterocycles. The van der Waals surface area contributed by atoms with Crippen LogP contribution in [-0.2, 0) is 4.57 Å². The van der Waals surface area contributed by atoms with Crippen LogP contribution in [0.3, 0.4) is 0 Å². The molecular formula is C6H7Na2O5P. The summed E-state index contributed by atoms with van der Waals surface area (Å²) in [4.78, 5) is 20.1. The van der Waals surface area contributed by atoms with Gasteiger partial charge in [-0.25, -0.2) is 0 Å². The van der Waals surface area contributed by atoms with E-state index in [-0.39, 0.29) is 70.3 Å². The Morgan fingerprint density at radius 2 is 1.50 bits per heavy atom. The molecule has 2 N–H and O–H groups in total. The molecule has 1 rings (SSSR count). The molecule has 8 heteroatoms. The van der Waals surface area contributed by atoms with Crippen molar-refractivity contribution in [1.82, 2.24) is 0 Å². The van der Waals surface area contributed by atoms with E-state index in [1.807, 2.05) is 0 Å². The molecule has 0 fully saturated rings. The Labute approximate surface area is 126 Å². The SMILES string of the molecule is O.O=P([O-])([O-])Oc1ccccc1.[Na+].[Na+]. The molecule has 0 unspecified atom stereocenters. The Hall–Kier alpha value is 1.13. The van der Waals surface area contributed by atoms with E-state index in [1.54, 1.807) is 18.2 Å². The summed E-state index contributed by atoms with van der Waals surface area (Å²) in [6.45, 7) is 0. The van der Waals surface area contributed by atoms with Crippen LogP contribution in [0.5, 0.6) is 5.75 Å². The predicted octanol–water partition coefficient (Wildman–Crippen LogP) is -6.92. The van der Waals surface area contributed by atoms with Gasteiger partial charge in [0.25, 0.3) is 0 Å². The van der Waals surface area contributed by atoms with E-state index in [0.29, 0.717) is 0 Å². The Morgan fingerprint density at radius 3 is 1.86 bits per heavy atom. The van der Waals surface area contributed by atoms with Gasteiger partial charge < -0.3 is 24.4 Å². The summed E-state index contributed by atoms with van der Waals surface area (Å²) in [5.74, 6) is 0.0424. The van der Waals surface area contributed by atoms with Crippen molar-refractivity contribution in [3.8, 4) is 5.75 Å². The second kappa shape index (κ2) is 9.36. The van der Waals surface area contributed by atoms with Crippen molar-refractivity contribution in [2.45, 2.75) is 0 Å². The topological polar surface area (TPSA) is 104 Å². The van der Waals surface area contributed by atoms with Gasteiger partial charge in [0.1, 0.15) is 13.6 Å². The number of rotatable bonds is 2. The third-order valence-electron chi connectivity index (χ3n) is 0.960. The average Bonchev–Trinajstić information content (AvgIpc) is 1.85. The Kier molecular flexibility index (Phi) is 13.7. The first kappa shape index (κ1) is 20.5. The smallest absolute Gasteiger partial charge is 0.780 e.